The van der Waals surface area contributed by atoms with Crippen molar-refractivity contribution >= 4 is 17.2 Å². The SMILES string of the molecule is O=C(C1CC1)N1C2CCC1CN(c1ncnn3cc(-c4cnn(CC5COC5)c4)cc13)C2. The number of amides is 1. The minimum Gasteiger partial charge on any atom is -0.381 e. The highest BCUT2D eigenvalue weighted by molar-refractivity contribution is 5.83. The highest BCUT2D eigenvalue weighted by atomic mass is 16.5. The Morgan fingerprint density at radius 1 is 1.03 bits per heavy atom. The molecule has 0 aromatic carbocycles. The lowest BCUT2D eigenvalue weighted by Gasteiger charge is -2.41. The molecule has 4 fully saturated rings. The van der Waals surface area contributed by atoms with Crippen molar-refractivity contribution in [1.82, 2.24) is 29.3 Å². The van der Waals surface area contributed by atoms with Gasteiger partial charge in [0.25, 0.3) is 0 Å². The average Bonchev–Trinajstić information content (AvgIpc) is 3.25. The van der Waals surface area contributed by atoms with Crippen LogP contribution < -0.4 is 4.90 Å². The third kappa shape index (κ3) is 3.02. The van der Waals surface area contributed by atoms with Crippen LogP contribution in [-0.2, 0) is 16.1 Å². The number of carbonyl (C=O) groups excluding carboxylic acids is 1. The first-order valence-electron chi connectivity index (χ1n) is 11.7. The lowest BCUT2D eigenvalue weighted by molar-refractivity contribution is -0.135. The number of hydrogen-bond donors (Lipinski definition) is 0. The number of aromatic nitrogens is 5. The predicted octanol–water partition coefficient (Wildman–Crippen LogP) is 1.83. The maximum Gasteiger partial charge on any atom is 0.226 e. The number of anilines is 1. The molecular formula is C23H27N7O2. The monoisotopic (exact) mass is 433 g/mol. The minimum atomic E-state index is 0.293. The zero-order valence-corrected chi connectivity index (χ0v) is 18.0. The van der Waals surface area contributed by atoms with E-state index in [1.165, 1.54) is 0 Å². The van der Waals surface area contributed by atoms with Gasteiger partial charge in [0.1, 0.15) is 11.8 Å². The summed E-state index contributed by atoms with van der Waals surface area (Å²) in [4.78, 5) is 22.0. The second kappa shape index (κ2) is 7.03. The Kier molecular flexibility index (Phi) is 4.09. The van der Waals surface area contributed by atoms with Gasteiger partial charge in [0.15, 0.2) is 5.82 Å². The molecule has 0 spiro atoms. The van der Waals surface area contributed by atoms with Crippen molar-refractivity contribution in [2.75, 3.05) is 31.2 Å². The Hall–Kier alpha value is -2.94. The Morgan fingerprint density at radius 3 is 2.56 bits per heavy atom. The number of piperazine rings is 1. The molecule has 0 N–H and O–H groups in total. The predicted molar refractivity (Wildman–Crippen MR) is 117 cm³/mol. The molecule has 9 nitrogen and oxygen atoms in total. The lowest BCUT2D eigenvalue weighted by atomic mass is 10.1. The molecule has 7 rings (SSSR count). The van der Waals surface area contributed by atoms with E-state index in [9.17, 15) is 4.79 Å². The van der Waals surface area contributed by atoms with Crippen LogP contribution in [0.4, 0.5) is 5.82 Å². The fraction of sp³-hybridized carbons (Fsp3) is 0.565. The van der Waals surface area contributed by atoms with Gasteiger partial charge >= 0.3 is 0 Å². The second-order valence-corrected chi connectivity index (χ2v) is 9.81. The Morgan fingerprint density at radius 2 is 1.84 bits per heavy atom. The molecule has 6 heterocycles. The van der Waals surface area contributed by atoms with E-state index >= 15 is 0 Å². The fourth-order valence-electron chi connectivity index (χ4n) is 5.56. The van der Waals surface area contributed by atoms with E-state index in [0.29, 0.717) is 29.8 Å². The van der Waals surface area contributed by atoms with Crippen molar-refractivity contribution in [2.24, 2.45) is 11.8 Å². The van der Waals surface area contributed by atoms with Gasteiger partial charge in [-0.3, -0.25) is 9.48 Å². The van der Waals surface area contributed by atoms with Crippen LogP contribution in [0.5, 0.6) is 0 Å². The van der Waals surface area contributed by atoms with Crippen molar-refractivity contribution in [3.63, 3.8) is 0 Å². The Labute approximate surface area is 186 Å². The summed E-state index contributed by atoms with van der Waals surface area (Å²) in [6.07, 6.45) is 12.0. The topological polar surface area (TPSA) is 80.8 Å². The Balaban J connectivity index is 1.15. The summed E-state index contributed by atoms with van der Waals surface area (Å²) in [5.74, 6) is 2.21. The van der Waals surface area contributed by atoms with Crippen molar-refractivity contribution < 1.29 is 9.53 Å². The summed E-state index contributed by atoms with van der Waals surface area (Å²) in [5, 5.41) is 9.00. The van der Waals surface area contributed by atoms with Gasteiger partial charge < -0.3 is 14.5 Å². The van der Waals surface area contributed by atoms with Crippen LogP contribution in [0.3, 0.4) is 0 Å². The van der Waals surface area contributed by atoms with Crippen LogP contribution in [0.2, 0.25) is 0 Å². The molecule has 3 aromatic heterocycles. The first kappa shape index (κ1) is 18.6. The molecule has 3 saturated heterocycles. The summed E-state index contributed by atoms with van der Waals surface area (Å²) in [6.45, 7) is 4.25. The number of hydrogen-bond acceptors (Lipinski definition) is 6. The first-order chi connectivity index (χ1) is 15.7. The molecule has 1 aliphatic carbocycles. The van der Waals surface area contributed by atoms with Gasteiger partial charge in [0.05, 0.1) is 19.4 Å². The molecule has 3 aromatic rings. The summed E-state index contributed by atoms with van der Waals surface area (Å²) in [5.41, 5.74) is 3.18. The molecule has 4 aliphatic rings. The molecule has 9 heteroatoms. The maximum absolute atomic E-state index is 12.8. The van der Waals surface area contributed by atoms with Crippen molar-refractivity contribution in [1.29, 1.82) is 0 Å². The zero-order valence-electron chi connectivity index (χ0n) is 18.0. The average molecular weight is 434 g/mol. The highest BCUT2D eigenvalue weighted by Gasteiger charge is 2.46. The Bertz CT molecular complexity index is 1160. The number of fused-ring (bicyclic) bond motifs is 3. The minimum absolute atomic E-state index is 0.293. The first-order valence-corrected chi connectivity index (χ1v) is 11.7. The molecule has 1 saturated carbocycles. The molecule has 2 unspecified atom stereocenters. The zero-order chi connectivity index (χ0) is 21.2. The van der Waals surface area contributed by atoms with Gasteiger partial charge in [-0.05, 0) is 31.7 Å². The summed E-state index contributed by atoms with van der Waals surface area (Å²) < 4.78 is 9.20. The third-order valence-electron chi connectivity index (χ3n) is 7.47. The number of carbonyl (C=O) groups is 1. The number of nitrogens with zero attached hydrogens (tertiary/aromatic N) is 7. The van der Waals surface area contributed by atoms with Crippen LogP contribution in [0.1, 0.15) is 25.7 Å². The van der Waals surface area contributed by atoms with E-state index in [4.69, 9.17) is 4.74 Å². The number of rotatable bonds is 5. The lowest BCUT2D eigenvalue weighted by Crippen LogP contribution is -2.56. The van der Waals surface area contributed by atoms with E-state index in [1.54, 1.807) is 6.33 Å². The number of ether oxygens (including phenoxy) is 1. The van der Waals surface area contributed by atoms with Crippen LogP contribution >= 0.6 is 0 Å². The van der Waals surface area contributed by atoms with E-state index in [0.717, 1.165) is 81.0 Å². The van der Waals surface area contributed by atoms with Gasteiger partial charge in [-0.15, -0.1) is 0 Å². The third-order valence-corrected chi connectivity index (χ3v) is 7.47. The van der Waals surface area contributed by atoms with Gasteiger partial charge in [-0.25, -0.2) is 9.50 Å². The smallest absolute Gasteiger partial charge is 0.226 e. The molecule has 2 bridgehead atoms. The largest absolute Gasteiger partial charge is 0.381 e. The second-order valence-electron chi connectivity index (χ2n) is 9.81. The summed E-state index contributed by atoms with van der Waals surface area (Å²) >= 11 is 0. The van der Waals surface area contributed by atoms with Crippen molar-refractivity contribution in [2.45, 2.75) is 44.3 Å². The molecule has 166 valence electrons. The summed E-state index contributed by atoms with van der Waals surface area (Å²) in [7, 11) is 0. The van der Waals surface area contributed by atoms with Crippen LogP contribution in [0, 0.1) is 11.8 Å². The standard InChI is InChI=1S/C23H27N7O2/c31-23(16-1-2-16)30-19-3-4-20(30)11-27(10-19)22-21-5-17(9-29(21)26-14-24-22)18-6-25-28(8-18)7-15-12-32-13-15/h5-6,8-9,14-16,19-20H,1-4,7,10-13H2. The summed E-state index contributed by atoms with van der Waals surface area (Å²) in [6, 6.07) is 2.77. The molecule has 0 radical (unpaired) electrons. The van der Waals surface area contributed by atoms with Crippen molar-refractivity contribution in [3.05, 3.63) is 31.0 Å². The van der Waals surface area contributed by atoms with Gasteiger partial charge in [0.2, 0.25) is 5.91 Å². The van der Waals surface area contributed by atoms with Crippen molar-refractivity contribution in [3.8, 4) is 11.1 Å². The maximum atomic E-state index is 12.8. The normalized spacial score (nSPS) is 25.5. The van der Waals surface area contributed by atoms with Crippen LogP contribution in [0.15, 0.2) is 31.0 Å². The van der Waals surface area contributed by atoms with Gasteiger partial charge in [-0.2, -0.15) is 10.2 Å². The molecule has 3 aliphatic heterocycles. The molecular weight excluding hydrogens is 406 g/mol. The fourth-order valence-corrected chi connectivity index (χ4v) is 5.56. The van der Waals surface area contributed by atoms with Gasteiger partial charge in [0, 0.05) is 67.1 Å². The highest BCUT2D eigenvalue weighted by Crippen LogP contribution is 2.39. The molecule has 2 atom stereocenters. The van der Waals surface area contributed by atoms with E-state index in [2.05, 4.69) is 43.4 Å². The van der Waals surface area contributed by atoms with Gasteiger partial charge in [-0.1, -0.05) is 0 Å². The van der Waals surface area contributed by atoms with Crippen LogP contribution in [0.25, 0.3) is 16.6 Å². The quantitative estimate of drug-likeness (QED) is 0.611. The molecule has 32 heavy (non-hydrogen) atoms. The van der Waals surface area contributed by atoms with Crippen LogP contribution in [-0.4, -0.2) is 73.6 Å². The van der Waals surface area contributed by atoms with E-state index in [-0.39, 0.29) is 0 Å². The van der Waals surface area contributed by atoms with E-state index < -0.39 is 0 Å². The van der Waals surface area contributed by atoms with E-state index in [1.807, 2.05) is 15.4 Å². The molecule has 1 amide bonds.